The molecule has 0 aromatic heterocycles. The van der Waals surface area contributed by atoms with E-state index in [-0.39, 0.29) is 0 Å². The van der Waals surface area contributed by atoms with E-state index in [1.807, 2.05) is 11.8 Å². The summed E-state index contributed by atoms with van der Waals surface area (Å²) in [6.45, 7) is 4.76. The summed E-state index contributed by atoms with van der Waals surface area (Å²) in [6, 6.07) is 10.6. The average Bonchev–Trinajstić information content (AvgIpc) is 2.62. The van der Waals surface area contributed by atoms with Gasteiger partial charge in [-0.1, -0.05) is 49.6 Å². The van der Waals surface area contributed by atoms with Crippen LogP contribution in [0.3, 0.4) is 0 Å². The fraction of sp³-hybridized carbons (Fsp3) is 0.632. The fourth-order valence-corrected chi connectivity index (χ4v) is 4.74. The summed E-state index contributed by atoms with van der Waals surface area (Å²) in [6.07, 6.45) is 6.70. The normalized spacial score (nSPS) is 20.6. The molecule has 1 heterocycles. The number of nitrogens with zero attached hydrogens (tertiary/aromatic N) is 2. The van der Waals surface area contributed by atoms with Crippen LogP contribution in [0.2, 0.25) is 0 Å². The van der Waals surface area contributed by atoms with Crippen molar-refractivity contribution >= 4 is 17.7 Å². The molecule has 1 saturated heterocycles. The number of thioether (sulfide) groups is 1. The van der Waals surface area contributed by atoms with Crippen molar-refractivity contribution in [3.63, 3.8) is 0 Å². The minimum Gasteiger partial charge on any atom is -0.339 e. The zero-order valence-electron chi connectivity index (χ0n) is 14.0. The van der Waals surface area contributed by atoms with Gasteiger partial charge in [0.25, 0.3) is 0 Å². The molecule has 1 aliphatic carbocycles. The van der Waals surface area contributed by atoms with Crippen molar-refractivity contribution in [3.05, 3.63) is 35.9 Å². The van der Waals surface area contributed by atoms with Crippen LogP contribution in [0.15, 0.2) is 30.3 Å². The second-order valence-corrected chi connectivity index (χ2v) is 8.00. The van der Waals surface area contributed by atoms with Crippen LogP contribution in [-0.4, -0.2) is 52.9 Å². The summed E-state index contributed by atoms with van der Waals surface area (Å²) in [5.41, 5.74) is 1.36. The Morgan fingerprint density at radius 3 is 2.39 bits per heavy atom. The van der Waals surface area contributed by atoms with Crippen molar-refractivity contribution in [2.24, 2.45) is 0 Å². The molecule has 3 rings (SSSR count). The van der Waals surface area contributed by atoms with Crippen LogP contribution in [0.5, 0.6) is 0 Å². The van der Waals surface area contributed by atoms with Crippen LogP contribution in [0.4, 0.5) is 0 Å². The third kappa shape index (κ3) is 5.25. The molecular formula is C19H28N2OS. The lowest BCUT2D eigenvalue weighted by molar-refractivity contribution is -0.130. The topological polar surface area (TPSA) is 23.6 Å². The van der Waals surface area contributed by atoms with E-state index in [0.29, 0.717) is 11.7 Å². The monoisotopic (exact) mass is 332 g/mol. The molecule has 0 spiro atoms. The van der Waals surface area contributed by atoms with Crippen LogP contribution in [0, 0.1) is 0 Å². The molecule has 4 heteroatoms. The molecule has 1 amide bonds. The van der Waals surface area contributed by atoms with Gasteiger partial charge in [-0.2, -0.15) is 0 Å². The molecule has 1 aliphatic heterocycles. The largest absolute Gasteiger partial charge is 0.339 e. The number of carbonyl (C=O) groups is 1. The second-order valence-electron chi connectivity index (χ2n) is 6.71. The van der Waals surface area contributed by atoms with Crippen molar-refractivity contribution < 1.29 is 4.79 Å². The molecule has 0 unspecified atom stereocenters. The van der Waals surface area contributed by atoms with E-state index in [1.54, 1.807) is 0 Å². The van der Waals surface area contributed by atoms with E-state index in [2.05, 4.69) is 40.1 Å². The lowest BCUT2D eigenvalue weighted by atomic mass is 10.0. The standard InChI is InChI=1S/C19H28N2OS/c22-19(16-23-18-9-5-2-6-10-18)21-13-11-20(12-14-21)15-17-7-3-1-4-8-17/h1,3-4,7-8,18H,2,5-6,9-16H2. The van der Waals surface area contributed by atoms with Crippen LogP contribution in [0.1, 0.15) is 37.7 Å². The maximum atomic E-state index is 12.4. The summed E-state index contributed by atoms with van der Waals surface area (Å²) in [5.74, 6) is 1.03. The SMILES string of the molecule is O=C(CSC1CCCCC1)N1CCN(Cc2ccccc2)CC1. The van der Waals surface area contributed by atoms with Gasteiger partial charge in [0, 0.05) is 38.0 Å². The van der Waals surface area contributed by atoms with Crippen molar-refractivity contribution in [2.45, 2.75) is 43.9 Å². The average molecular weight is 333 g/mol. The highest BCUT2D eigenvalue weighted by atomic mass is 32.2. The number of hydrogen-bond acceptors (Lipinski definition) is 3. The van der Waals surface area contributed by atoms with Crippen LogP contribution in [-0.2, 0) is 11.3 Å². The van der Waals surface area contributed by atoms with Crippen molar-refractivity contribution in [1.82, 2.24) is 9.80 Å². The Labute approximate surface area is 144 Å². The second kappa shape index (κ2) is 8.74. The molecule has 1 aromatic carbocycles. The number of benzene rings is 1. The molecule has 0 bridgehead atoms. The Bertz CT molecular complexity index is 479. The molecule has 3 nitrogen and oxygen atoms in total. The third-order valence-corrected chi connectivity index (χ3v) is 6.33. The molecule has 0 atom stereocenters. The zero-order chi connectivity index (χ0) is 15.9. The first-order chi connectivity index (χ1) is 11.3. The van der Waals surface area contributed by atoms with Crippen LogP contribution in [0.25, 0.3) is 0 Å². The van der Waals surface area contributed by atoms with Gasteiger partial charge >= 0.3 is 0 Å². The minimum atomic E-state index is 0.347. The van der Waals surface area contributed by atoms with Gasteiger partial charge in [-0.3, -0.25) is 9.69 Å². The van der Waals surface area contributed by atoms with Crippen molar-refractivity contribution in [1.29, 1.82) is 0 Å². The summed E-state index contributed by atoms with van der Waals surface area (Å²) in [5, 5.41) is 0.729. The molecule has 23 heavy (non-hydrogen) atoms. The smallest absolute Gasteiger partial charge is 0.232 e. The molecule has 0 N–H and O–H groups in total. The van der Waals surface area contributed by atoms with Gasteiger partial charge in [0.2, 0.25) is 5.91 Å². The summed E-state index contributed by atoms with van der Waals surface area (Å²) in [4.78, 5) is 16.9. The predicted molar refractivity (Wildman–Crippen MR) is 97.6 cm³/mol. The van der Waals surface area contributed by atoms with Crippen molar-refractivity contribution in [3.8, 4) is 0 Å². The van der Waals surface area contributed by atoms with E-state index in [1.165, 1.54) is 37.7 Å². The predicted octanol–water partition coefficient (Wildman–Crippen LogP) is 3.40. The van der Waals surface area contributed by atoms with Crippen LogP contribution < -0.4 is 0 Å². The molecule has 2 aliphatic rings. The molecular weight excluding hydrogens is 304 g/mol. The molecule has 126 valence electrons. The molecule has 2 fully saturated rings. The Balaban J connectivity index is 1.37. The molecule has 1 saturated carbocycles. The fourth-order valence-electron chi connectivity index (χ4n) is 3.51. The van der Waals surface area contributed by atoms with E-state index in [9.17, 15) is 4.79 Å². The number of carbonyl (C=O) groups excluding carboxylic acids is 1. The van der Waals surface area contributed by atoms with Gasteiger partial charge in [0.05, 0.1) is 5.75 Å². The van der Waals surface area contributed by atoms with E-state index < -0.39 is 0 Å². The Morgan fingerprint density at radius 1 is 1.00 bits per heavy atom. The lowest BCUT2D eigenvalue weighted by Crippen LogP contribution is -2.48. The van der Waals surface area contributed by atoms with E-state index in [4.69, 9.17) is 0 Å². The number of piperazine rings is 1. The number of rotatable bonds is 5. The maximum Gasteiger partial charge on any atom is 0.232 e. The highest BCUT2D eigenvalue weighted by Gasteiger charge is 2.22. The van der Waals surface area contributed by atoms with E-state index >= 15 is 0 Å². The number of hydrogen-bond donors (Lipinski definition) is 0. The first-order valence-electron chi connectivity index (χ1n) is 8.97. The van der Waals surface area contributed by atoms with Gasteiger partial charge in [0.1, 0.15) is 0 Å². The summed E-state index contributed by atoms with van der Waals surface area (Å²) >= 11 is 1.90. The van der Waals surface area contributed by atoms with Gasteiger partial charge < -0.3 is 4.90 Å². The Kier molecular flexibility index (Phi) is 6.40. The molecule has 0 radical (unpaired) electrons. The highest BCUT2D eigenvalue weighted by molar-refractivity contribution is 8.00. The Morgan fingerprint density at radius 2 is 1.70 bits per heavy atom. The zero-order valence-corrected chi connectivity index (χ0v) is 14.8. The third-order valence-electron chi connectivity index (χ3n) is 4.97. The summed E-state index contributed by atoms with van der Waals surface area (Å²) < 4.78 is 0. The lowest BCUT2D eigenvalue weighted by Gasteiger charge is -2.35. The van der Waals surface area contributed by atoms with Gasteiger partial charge in [-0.25, -0.2) is 0 Å². The first kappa shape index (κ1) is 16.8. The van der Waals surface area contributed by atoms with Crippen LogP contribution >= 0.6 is 11.8 Å². The van der Waals surface area contributed by atoms with Gasteiger partial charge in [-0.05, 0) is 18.4 Å². The number of amides is 1. The maximum absolute atomic E-state index is 12.4. The minimum absolute atomic E-state index is 0.347. The summed E-state index contributed by atoms with van der Waals surface area (Å²) in [7, 11) is 0. The quantitative estimate of drug-likeness (QED) is 0.826. The van der Waals surface area contributed by atoms with E-state index in [0.717, 1.165) is 38.0 Å². The Hall–Kier alpha value is -1.00. The highest BCUT2D eigenvalue weighted by Crippen LogP contribution is 2.28. The molecule has 1 aromatic rings. The van der Waals surface area contributed by atoms with Crippen molar-refractivity contribution in [2.75, 3.05) is 31.9 Å². The van der Waals surface area contributed by atoms with Gasteiger partial charge in [0.15, 0.2) is 0 Å². The first-order valence-corrected chi connectivity index (χ1v) is 10.0. The van der Waals surface area contributed by atoms with Gasteiger partial charge in [-0.15, -0.1) is 11.8 Å².